The fraction of sp³-hybridized carbons (Fsp3) is 0.421. The summed E-state index contributed by atoms with van der Waals surface area (Å²) in [6.45, 7) is 5.27. The lowest BCUT2D eigenvalue weighted by atomic mass is 10.0. The number of aromatic nitrogens is 1. The van der Waals surface area contributed by atoms with Crippen molar-refractivity contribution in [1.29, 1.82) is 0 Å². The molecule has 1 amide bonds. The van der Waals surface area contributed by atoms with Crippen LogP contribution in [0.1, 0.15) is 13.8 Å². The third-order valence-corrected chi connectivity index (χ3v) is 6.61. The molecule has 0 spiro atoms. The molecule has 0 aliphatic carbocycles. The SMILES string of the molecule is CC(C)[C@@H](NS(=O)(=O)c1ccc2c(Cl)cnc(N=C(N)N)c2c1)C(=O)N1CCOCC1. The first kappa shape index (κ1) is 23.2. The van der Waals surface area contributed by atoms with Crippen molar-refractivity contribution in [3.8, 4) is 0 Å². The number of nitrogens with one attached hydrogen (secondary N) is 1. The molecule has 0 bridgehead atoms. The van der Waals surface area contributed by atoms with Crippen LogP contribution in [-0.4, -0.2) is 62.5 Å². The van der Waals surface area contributed by atoms with Crippen molar-refractivity contribution in [2.24, 2.45) is 22.4 Å². The lowest BCUT2D eigenvalue weighted by Gasteiger charge is -2.32. The highest BCUT2D eigenvalue weighted by atomic mass is 35.5. The number of fused-ring (bicyclic) bond motifs is 1. The predicted molar refractivity (Wildman–Crippen MR) is 119 cm³/mol. The van der Waals surface area contributed by atoms with E-state index in [1.165, 1.54) is 18.3 Å². The molecule has 3 rings (SSSR count). The van der Waals surface area contributed by atoms with Crippen LogP contribution in [0.4, 0.5) is 5.82 Å². The summed E-state index contributed by atoms with van der Waals surface area (Å²) in [7, 11) is -4.05. The normalized spacial score (nSPS) is 15.8. The summed E-state index contributed by atoms with van der Waals surface area (Å²) in [5.41, 5.74) is 10.9. The summed E-state index contributed by atoms with van der Waals surface area (Å²) >= 11 is 6.19. The molecule has 10 nitrogen and oxygen atoms in total. The van der Waals surface area contributed by atoms with Crippen LogP contribution in [0.5, 0.6) is 0 Å². The zero-order valence-electron chi connectivity index (χ0n) is 17.2. The number of carbonyl (C=O) groups is 1. The second-order valence-electron chi connectivity index (χ2n) is 7.45. The molecule has 2 heterocycles. The van der Waals surface area contributed by atoms with Crippen LogP contribution >= 0.6 is 11.6 Å². The number of benzene rings is 1. The Kier molecular flexibility index (Phi) is 6.99. The van der Waals surface area contributed by atoms with E-state index >= 15 is 0 Å². The van der Waals surface area contributed by atoms with Crippen molar-refractivity contribution in [2.75, 3.05) is 26.3 Å². The number of guanidine groups is 1. The maximum Gasteiger partial charge on any atom is 0.241 e. The van der Waals surface area contributed by atoms with Crippen LogP contribution in [0.15, 0.2) is 34.3 Å². The molecule has 1 saturated heterocycles. The van der Waals surface area contributed by atoms with E-state index in [9.17, 15) is 13.2 Å². The number of rotatable bonds is 6. The van der Waals surface area contributed by atoms with Crippen LogP contribution in [0.25, 0.3) is 10.8 Å². The highest BCUT2D eigenvalue weighted by Gasteiger charge is 2.32. The molecule has 0 unspecified atom stereocenters. The van der Waals surface area contributed by atoms with Gasteiger partial charge in [-0.2, -0.15) is 9.71 Å². The Bertz CT molecular complexity index is 1110. The number of hydrogen-bond acceptors (Lipinski definition) is 6. The zero-order valence-corrected chi connectivity index (χ0v) is 18.8. The summed E-state index contributed by atoms with van der Waals surface area (Å²) < 4.78 is 34.1. The summed E-state index contributed by atoms with van der Waals surface area (Å²) in [4.78, 5) is 22.5. The standard InChI is InChI=1S/C19H25ClN6O4S/c1-11(2)16(18(27)26-5-7-30-8-6-26)25-31(28,29)12-3-4-13-14(9-12)17(24-19(21)22)23-10-15(13)20/h3-4,9-11,16,25H,5-8H2,1-2H3,(H4,21,22,23,24)/t16-/m1/s1. The van der Waals surface area contributed by atoms with Gasteiger partial charge in [0.25, 0.3) is 0 Å². The molecule has 1 aromatic carbocycles. The smallest absolute Gasteiger partial charge is 0.241 e. The van der Waals surface area contributed by atoms with Crippen LogP contribution < -0.4 is 16.2 Å². The number of sulfonamides is 1. The van der Waals surface area contributed by atoms with Gasteiger partial charge in [0.2, 0.25) is 15.9 Å². The molecular weight excluding hydrogens is 444 g/mol. The fourth-order valence-corrected chi connectivity index (χ4v) is 4.82. The maximum atomic E-state index is 13.2. The topological polar surface area (TPSA) is 153 Å². The van der Waals surface area contributed by atoms with Gasteiger partial charge >= 0.3 is 0 Å². The van der Waals surface area contributed by atoms with E-state index < -0.39 is 16.1 Å². The van der Waals surface area contributed by atoms with E-state index in [1.54, 1.807) is 24.8 Å². The van der Waals surface area contributed by atoms with Crippen molar-refractivity contribution in [2.45, 2.75) is 24.8 Å². The zero-order chi connectivity index (χ0) is 22.8. The van der Waals surface area contributed by atoms with Crippen molar-refractivity contribution in [3.05, 3.63) is 29.4 Å². The quantitative estimate of drug-likeness (QED) is 0.421. The Labute approximate surface area is 185 Å². The van der Waals surface area contributed by atoms with Gasteiger partial charge in [0.1, 0.15) is 6.04 Å². The molecule has 0 saturated carbocycles. The second kappa shape index (κ2) is 9.35. The summed E-state index contributed by atoms with van der Waals surface area (Å²) in [5, 5.41) is 1.23. The monoisotopic (exact) mass is 468 g/mol. The first-order valence-electron chi connectivity index (χ1n) is 9.67. The highest BCUT2D eigenvalue weighted by Crippen LogP contribution is 2.31. The van der Waals surface area contributed by atoms with E-state index in [0.717, 1.165) is 0 Å². The molecule has 12 heteroatoms. The van der Waals surface area contributed by atoms with Gasteiger partial charge in [-0.25, -0.2) is 13.4 Å². The number of hydrogen-bond donors (Lipinski definition) is 3. The predicted octanol–water partition coefficient (Wildman–Crippen LogP) is 0.955. The molecule has 5 N–H and O–H groups in total. The van der Waals surface area contributed by atoms with Gasteiger partial charge < -0.3 is 21.1 Å². The van der Waals surface area contributed by atoms with Crippen LogP contribution in [-0.2, 0) is 19.6 Å². The third-order valence-electron chi connectivity index (χ3n) is 4.87. The fourth-order valence-electron chi connectivity index (χ4n) is 3.24. The highest BCUT2D eigenvalue weighted by molar-refractivity contribution is 7.89. The van der Waals surface area contributed by atoms with Crippen molar-refractivity contribution in [3.63, 3.8) is 0 Å². The Morgan fingerprint density at radius 1 is 1.26 bits per heavy atom. The lowest BCUT2D eigenvalue weighted by molar-refractivity contribution is -0.138. The van der Waals surface area contributed by atoms with E-state index in [2.05, 4.69) is 14.7 Å². The Hall–Kier alpha value is -2.47. The van der Waals surface area contributed by atoms with Gasteiger partial charge in [-0.1, -0.05) is 31.5 Å². The van der Waals surface area contributed by atoms with Gasteiger partial charge in [-0.3, -0.25) is 4.79 Å². The van der Waals surface area contributed by atoms with Crippen LogP contribution in [0.2, 0.25) is 5.02 Å². The van der Waals surface area contributed by atoms with E-state index in [4.69, 9.17) is 27.8 Å². The Balaban J connectivity index is 1.98. The lowest BCUT2D eigenvalue weighted by Crippen LogP contribution is -2.53. The molecule has 2 aromatic rings. The maximum absolute atomic E-state index is 13.2. The van der Waals surface area contributed by atoms with Crippen molar-refractivity contribution >= 4 is 50.1 Å². The number of nitrogens with two attached hydrogens (primary N) is 2. The summed E-state index contributed by atoms with van der Waals surface area (Å²) in [6, 6.07) is 3.42. The minimum absolute atomic E-state index is 0.0588. The molecular formula is C19H25ClN6O4S. The number of halogens is 1. The number of nitrogens with zero attached hydrogens (tertiary/aromatic N) is 3. The molecule has 0 radical (unpaired) electrons. The molecule has 31 heavy (non-hydrogen) atoms. The molecule has 1 atom stereocenters. The Morgan fingerprint density at radius 3 is 2.55 bits per heavy atom. The van der Waals surface area contributed by atoms with E-state index in [1.807, 2.05) is 0 Å². The van der Waals surface area contributed by atoms with E-state index in [0.29, 0.717) is 42.1 Å². The second-order valence-corrected chi connectivity index (χ2v) is 9.58. The van der Waals surface area contributed by atoms with E-state index in [-0.39, 0.29) is 28.5 Å². The number of ether oxygens (including phenoxy) is 1. The molecule has 1 aliphatic rings. The van der Waals surface area contributed by atoms with Crippen molar-refractivity contribution in [1.82, 2.24) is 14.6 Å². The molecule has 1 aromatic heterocycles. The average molecular weight is 469 g/mol. The molecule has 1 aliphatic heterocycles. The Morgan fingerprint density at radius 2 is 1.94 bits per heavy atom. The number of morpholine rings is 1. The summed E-state index contributed by atoms with van der Waals surface area (Å²) in [6.07, 6.45) is 1.38. The van der Waals surface area contributed by atoms with Crippen molar-refractivity contribution < 1.29 is 17.9 Å². The van der Waals surface area contributed by atoms with Gasteiger partial charge in [0, 0.05) is 30.1 Å². The van der Waals surface area contributed by atoms with Gasteiger partial charge in [0.05, 0.1) is 23.1 Å². The molecule has 1 fully saturated rings. The molecule has 168 valence electrons. The minimum atomic E-state index is -4.05. The van der Waals surface area contributed by atoms with Gasteiger partial charge in [-0.05, 0) is 18.1 Å². The first-order chi connectivity index (χ1) is 14.6. The number of aliphatic imine (C=N–C) groups is 1. The number of carbonyl (C=O) groups excluding carboxylic acids is 1. The van der Waals surface area contributed by atoms with Gasteiger partial charge in [0.15, 0.2) is 11.8 Å². The third kappa shape index (κ3) is 5.24. The largest absolute Gasteiger partial charge is 0.378 e. The number of amides is 1. The summed E-state index contributed by atoms with van der Waals surface area (Å²) in [5.74, 6) is -0.632. The van der Waals surface area contributed by atoms with Crippen LogP contribution in [0, 0.1) is 5.92 Å². The van der Waals surface area contributed by atoms with Gasteiger partial charge in [-0.15, -0.1) is 0 Å². The number of pyridine rings is 1. The van der Waals surface area contributed by atoms with Crippen LogP contribution in [0.3, 0.4) is 0 Å². The first-order valence-corrected chi connectivity index (χ1v) is 11.5. The minimum Gasteiger partial charge on any atom is -0.378 e. The average Bonchev–Trinajstić information content (AvgIpc) is 2.73.